The Hall–Kier alpha value is -2.36. The van der Waals surface area contributed by atoms with Gasteiger partial charge in [-0.2, -0.15) is 0 Å². The normalized spacial score (nSPS) is 10.7. The van der Waals surface area contributed by atoms with Crippen molar-refractivity contribution in [2.75, 3.05) is 12.8 Å². The first-order chi connectivity index (χ1) is 9.99. The van der Waals surface area contributed by atoms with E-state index in [2.05, 4.69) is 43.1 Å². The molecule has 1 heterocycles. The van der Waals surface area contributed by atoms with Gasteiger partial charge >= 0.3 is 0 Å². The minimum Gasteiger partial charge on any atom is -0.397 e. The fraction of sp³-hybridized carbons (Fsp3) is 0.294. The molecule has 0 saturated heterocycles. The summed E-state index contributed by atoms with van der Waals surface area (Å²) in [5.41, 5.74) is 8.89. The molecule has 0 radical (unpaired) electrons. The standard InChI is InChI=1S/C17H21N3O/c1-12(2)14-8-6-13(7-9-14)11-20(3)17(21)16-15(18)5-4-10-19-16/h4-10,12H,11,18H2,1-3H3. The molecule has 1 amide bonds. The molecule has 0 aliphatic heterocycles. The van der Waals surface area contributed by atoms with Crippen molar-refractivity contribution < 1.29 is 4.79 Å². The van der Waals surface area contributed by atoms with E-state index in [9.17, 15) is 4.79 Å². The van der Waals surface area contributed by atoms with Gasteiger partial charge in [-0.05, 0) is 29.2 Å². The number of carbonyl (C=O) groups is 1. The van der Waals surface area contributed by atoms with E-state index in [1.165, 1.54) is 5.56 Å². The zero-order valence-electron chi connectivity index (χ0n) is 12.7. The Labute approximate surface area is 125 Å². The average molecular weight is 283 g/mol. The zero-order chi connectivity index (χ0) is 15.4. The van der Waals surface area contributed by atoms with Crippen LogP contribution in [0.2, 0.25) is 0 Å². The lowest BCUT2D eigenvalue weighted by atomic mass is 10.0. The minimum absolute atomic E-state index is 0.166. The molecule has 4 nitrogen and oxygen atoms in total. The van der Waals surface area contributed by atoms with Crippen LogP contribution in [-0.4, -0.2) is 22.8 Å². The van der Waals surface area contributed by atoms with Gasteiger partial charge < -0.3 is 10.6 Å². The van der Waals surface area contributed by atoms with Crippen molar-refractivity contribution in [1.82, 2.24) is 9.88 Å². The molecule has 2 N–H and O–H groups in total. The second-order valence-electron chi connectivity index (χ2n) is 5.50. The third kappa shape index (κ3) is 3.60. The van der Waals surface area contributed by atoms with E-state index in [-0.39, 0.29) is 5.91 Å². The molecule has 0 aliphatic rings. The molecule has 0 bridgehead atoms. The second kappa shape index (κ2) is 6.39. The largest absolute Gasteiger partial charge is 0.397 e. The Kier molecular flexibility index (Phi) is 4.58. The molecule has 2 aromatic rings. The number of rotatable bonds is 4. The van der Waals surface area contributed by atoms with E-state index >= 15 is 0 Å². The van der Waals surface area contributed by atoms with Gasteiger partial charge in [0.2, 0.25) is 0 Å². The van der Waals surface area contributed by atoms with Gasteiger partial charge in [-0.15, -0.1) is 0 Å². The van der Waals surface area contributed by atoms with Gasteiger partial charge in [-0.25, -0.2) is 4.98 Å². The van der Waals surface area contributed by atoms with Crippen LogP contribution in [0.5, 0.6) is 0 Å². The monoisotopic (exact) mass is 283 g/mol. The third-order valence-electron chi connectivity index (χ3n) is 3.45. The maximum absolute atomic E-state index is 12.3. The molecule has 0 atom stereocenters. The van der Waals surface area contributed by atoms with Gasteiger partial charge in [-0.3, -0.25) is 4.79 Å². The number of nitrogens with two attached hydrogens (primary N) is 1. The molecular formula is C17H21N3O. The number of nitrogens with zero attached hydrogens (tertiary/aromatic N) is 2. The topological polar surface area (TPSA) is 59.2 Å². The van der Waals surface area contributed by atoms with Crippen LogP contribution in [0.15, 0.2) is 42.6 Å². The van der Waals surface area contributed by atoms with E-state index in [4.69, 9.17) is 5.73 Å². The Bertz CT molecular complexity index is 620. The highest BCUT2D eigenvalue weighted by Gasteiger charge is 2.16. The van der Waals surface area contributed by atoms with Crippen molar-refractivity contribution in [3.8, 4) is 0 Å². The predicted octanol–water partition coefficient (Wildman–Crippen LogP) is 3.06. The highest BCUT2D eigenvalue weighted by Crippen LogP contribution is 2.16. The van der Waals surface area contributed by atoms with Gasteiger partial charge in [0.05, 0.1) is 5.69 Å². The quantitative estimate of drug-likeness (QED) is 0.938. The molecule has 0 fully saturated rings. The summed E-state index contributed by atoms with van der Waals surface area (Å²) in [7, 11) is 1.76. The van der Waals surface area contributed by atoms with Crippen LogP contribution in [0.1, 0.15) is 41.4 Å². The minimum atomic E-state index is -0.166. The summed E-state index contributed by atoms with van der Waals surface area (Å²) < 4.78 is 0. The van der Waals surface area contributed by atoms with Crippen molar-refractivity contribution in [2.24, 2.45) is 0 Å². The van der Waals surface area contributed by atoms with E-state index in [1.54, 1.807) is 30.3 Å². The maximum Gasteiger partial charge on any atom is 0.274 e. The first-order valence-electron chi connectivity index (χ1n) is 7.04. The molecular weight excluding hydrogens is 262 g/mol. The van der Waals surface area contributed by atoms with Crippen LogP contribution in [-0.2, 0) is 6.54 Å². The van der Waals surface area contributed by atoms with Crippen molar-refractivity contribution in [3.05, 3.63) is 59.4 Å². The number of nitrogen functional groups attached to an aromatic ring is 1. The van der Waals surface area contributed by atoms with Crippen LogP contribution in [0.4, 0.5) is 5.69 Å². The molecule has 0 aliphatic carbocycles. The van der Waals surface area contributed by atoms with Crippen LogP contribution < -0.4 is 5.73 Å². The molecule has 0 saturated carbocycles. The number of anilines is 1. The second-order valence-corrected chi connectivity index (χ2v) is 5.50. The van der Waals surface area contributed by atoms with Crippen LogP contribution >= 0.6 is 0 Å². The maximum atomic E-state index is 12.3. The average Bonchev–Trinajstić information content (AvgIpc) is 2.47. The summed E-state index contributed by atoms with van der Waals surface area (Å²) in [4.78, 5) is 18.0. The predicted molar refractivity (Wildman–Crippen MR) is 85.0 cm³/mol. The fourth-order valence-electron chi connectivity index (χ4n) is 2.13. The van der Waals surface area contributed by atoms with Crippen LogP contribution in [0, 0.1) is 0 Å². The first-order valence-corrected chi connectivity index (χ1v) is 7.04. The molecule has 0 unspecified atom stereocenters. The highest BCUT2D eigenvalue weighted by atomic mass is 16.2. The lowest BCUT2D eigenvalue weighted by Gasteiger charge is -2.18. The Balaban J connectivity index is 2.09. The molecule has 4 heteroatoms. The van der Waals surface area contributed by atoms with Crippen molar-refractivity contribution >= 4 is 11.6 Å². The van der Waals surface area contributed by atoms with E-state index in [0.717, 1.165) is 5.56 Å². The summed E-state index contributed by atoms with van der Waals surface area (Å²) in [6.07, 6.45) is 1.58. The lowest BCUT2D eigenvalue weighted by molar-refractivity contribution is 0.0780. The van der Waals surface area contributed by atoms with Crippen LogP contribution in [0.25, 0.3) is 0 Å². The van der Waals surface area contributed by atoms with Crippen molar-refractivity contribution in [2.45, 2.75) is 26.3 Å². The number of amides is 1. The molecule has 0 spiro atoms. The van der Waals surface area contributed by atoms with Gasteiger partial charge in [0.1, 0.15) is 0 Å². The zero-order valence-corrected chi connectivity index (χ0v) is 12.7. The molecule has 1 aromatic heterocycles. The number of benzene rings is 1. The summed E-state index contributed by atoms with van der Waals surface area (Å²) in [6.45, 7) is 4.86. The number of pyridine rings is 1. The number of hydrogen-bond donors (Lipinski definition) is 1. The Morgan fingerprint density at radius 2 is 1.90 bits per heavy atom. The van der Waals surface area contributed by atoms with Gasteiger partial charge in [0, 0.05) is 19.8 Å². The lowest BCUT2D eigenvalue weighted by Crippen LogP contribution is -2.27. The van der Waals surface area contributed by atoms with E-state index in [1.807, 2.05) is 0 Å². The summed E-state index contributed by atoms with van der Waals surface area (Å²) in [5.74, 6) is 0.341. The highest BCUT2D eigenvalue weighted by molar-refractivity contribution is 5.96. The molecule has 110 valence electrons. The van der Waals surface area contributed by atoms with E-state index in [0.29, 0.717) is 23.8 Å². The number of aromatic nitrogens is 1. The van der Waals surface area contributed by atoms with Gasteiger partial charge in [-0.1, -0.05) is 38.1 Å². The molecule has 1 aromatic carbocycles. The smallest absolute Gasteiger partial charge is 0.274 e. The van der Waals surface area contributed by atoms with Crippen molar-refractivity contribution in [3.63, 3.8) is 0 Å². The molecule has 21 heavy (non-hydrogen) atoms. The summed E-state index contributed by atoms with van der Waals surface area (Å²) in [5, 5.41) is 0. The van der Waals surface area contributed by atoms with E-state index < -0.39 is 0 Å². The molecule has 2 rings (SSSR count). The SMILES string of the molecule is CC(C)c1ccc(CN(C)C(=O)c2ncccc2N)cc1. The Morgan fingerprint density at radius 3 is 2.48 bits per heavy atom. The van der Waals surface area contributed by atoms with Crippen molar-refractivity contribution in [1.29, 1.82) is 0 Å². The van der Waals surface area contributed by atoms with Gasteiger partial charge in [0.15, 0.2) is 5.69 Å². The Morgan fingerprint density at radius 1 is 1.24 bits per heavy atom. The fourth-order valence-corrected chi connectivity index (χ4v) is 2.13. The summed E-state index contributed by atoms with van der Waals surface area (Å²) >= 11 is 0. The number of hydrogen-bond acceptors (Lipinski definition) is 3. The third-order valence-corrected chi connectivity index (χ3v) is 3.45. The number of carbonyl (C=O) groups excluding carboxylic acids is 1. The van der Waals surface area contributed by atoms with Gasteiger partial charge in [0.25, 0.3) is 5.91 Å². The first kappa shape index (κ1) is 15.0. The van der Waals surface area contributed by atoms with Crippen LogP contribution in [0.3, 0.4) is 0 Å². The summed E-state index contributed by atoms with van der Waals surface area (Å²) in [6, 6.07) is 11.7.